The van der Waals surface area contributed by atoms with Gasteiger partial charge in [0.2, 0.25) is 12.1 Å². The van der Waals surface area contributed by atoms with Crippen molar-refractivity contribution in [3.8, 4) is 11.5 Å². The van der Waals surface area contributed by atoms with E-state index in [1.165, 1.54) is 11.1 Å². The van der Waals surface area contributed by atoms with E-state index in [1.54, 1.807) is 31.4 Å². The number of carbonyl (C=O) groups is 1. The number of ketones is 1. The zero-order valence-electron chi connectivity index (χ0n) is 15.1. The number of benzene rings is 2. The lowest BCUT2D eigenvalue weighted by atomic mass is 10.1. The molecule has 0 radical (unpaired) electrons. The molecule has 2 aromatic carbocycles. The van der Waals surface area contributed by atoms with Crippen LogP contribution in [0, 0.1) is 0 Å². The highest BCUT2D eigenvalue weighted by Gasteiger charge is 2.15. The number of nitrogens with zero attached hydrogens (tertiary/aromatic N) is 2. The lowest BCUT2D eigenvalue weighted by molar-refractivity contribution is -0.687. The molecule has 0 fully saturated rings. The molecule has 0 saturated carbocycles. The third-order valence-electron chi connectivity index (χ3n) is 4.60. The summed E-state index contributed by atoms with van der Waals surface area (Å²) in [4.78, 5) is 12.4. The molecule has 0 unspecified atom stereocenters. The minimum Gasteiger partial charge on any atom is -1.00 e. The Morgan fingerprint density at radius 2 is 2.04 bits per heavy atom. The molecule has 0 spiro atoms. The SMILES string of the molecule is COc1ccc(C(=O)Cn2cc[n+](Cc3ccc4c(c3)CCO4)c2)cc1.[Br-]. The number of ether oxygens (including phenoxy) is 2. The second-order valence-corrected chi connectivity index (χ2v) is 6.45. The van der Waals surface area contributed by atoms with E-state index < -0.39 is 0 Å². The van der Waals surface area contributed by atoms with E-state index in [9.17, 15) is 4.79 Å². The van der Waals surface area contributed by atoms with E-state index in [-0.39, 0.29) is 22.8 Å². The number of Topliss-reactive ketones (excluding diaryl/α,β-unsaturated/α-hetero) is 1. The molecule has 0 aliphatic carbocycles. The van der Waals surface area contributed by atoms with Crippen molar-refractivity contribution in [2.45, 2.75) is 19.5 Å². The lowest BCUT2D eigenvalue weighted by Crippen LogP contribution is -3.00. The minimum atomic E-state index is 0. The Bertz CT molecular complexity index is 935. The van der Waals surface area contributed by atoms with E-state index in [0.717, 1.165) is 31.1 Å². The molecule has 0 bridgehead atoms. The summed E-state index contributed by atoms with van der Waals surface area (Å²) < 4.78 is 14.7. The molecule has 2 heterocycles. The van der Waals surface area contributed by atoms with Crippen LogP contribution in [0.1, 0.15) is 21.5 Å². The second-order valence-electron chi connectivity index (χ2n) is 6.45. The zero-order valence-corrected chi connectivity index (χ0v) is 16.7. The van der Waals surface area contributed by atoms with Gasteiger partial charge in [0.15, 0.2) is 6.54 Å². The number of fused-ring (bicyclic) bond motifs is 1. The molecule has 5 nitrogen and oxygen atoms in total. The van der Waals surface area contributed by atoms with Crippen molar-refractivity contribution in [3.05, 3.63) is 77.9 Å². The van der Waals surface area contributed by atoms with Gasteiger partial charge in [-0.3, -0.25) is 4.79 Å². The fourth-order valence-electron chi connectivity index (χ4n) is 3.21. The smallest absolute Gasteiger partial charge is 0.244 e. The van der Waals surface area contributed by atoms with Crippen molar-refractivity contribution in [1.29, 1.82) is 0 Å². The molecular weight excluding hydrogens is 408 g/mol. The molecule has 140 valence electrons. The van der Waals surface area contributed by atoms with Crippen LogP contribution in [-0.4, -0.2) is 24.1 Å². The Kier molecular flexibility index (Phi) is 5.96. The van der Waals surface area contributed by atoms with Gasteiger partial charge in [-0.2, -0.15) is 0 Å². The summed E-state index contributed by atoms with van der Waals surface area (Å²) >= 11 is 0. The molecule has 0 amide bonds. The highest BCUT2D eigenvalue weighted by atomic mass is 79.9. The fourth-order valence-corrected chi connectivity index (χ4v) is 3.21. The largest absolute Gasteiger partial charge is 1.00 e. The van der Waals surface area contributed by atoms with Crippen LogP contribution in [0.3, 0.4) is 0 Å². The van der Waals surface area contributed by atoms with Crippen LogP contribution in [0.5, 0.6) is 11.5 Å². The third-order valence-corrected chi connectivity index (χ3v) is 4.60. The van der Waals surface area contributed by atoms with Gasteiger partial charge in [-0.05, 0) is 47.5 Å². The first-order chi connectivity index (χ1) is 12.7. The van der Waals surface area contributed by atoms with Gasteiger partial charge in [-0.25, -0.2) is 9.13 Å². The summed E-state index contributed by atoms with van der Waals surface area (Å²) in [5.41, 5.74) is 3.19. The maximum Gasteiger partial charge on any atom is 0.244 e. The molecule has 3 aromatic rings. The molecule has 0 atom stereocenters. The third kappa shape index (κ3) is 4.39. The maximum absolute atomic E-state index is 12.4. The fraction of sp³-hybridized carbons (Fsp3) is 0.238. The summed E-state index contributed by atoms with van der Waals surface area (Å²) in [6.07, 6.45) is 6.86. The number of hydrogen-bond acceptors (Lipinski definition) is 3. The van der Waals surface area contributed by atoms with Gasteiger partial charge in [0.05, 0.1) is 13.7 Å². The van der Waals surface area contributed by atoms with Crippen molar-refractivity contribution in [1.82, 2.24) is 4.57 Å². The number of carbonyl (C=O) groups excluding carboxylic acids is 1. The van der Waals surface area contributed by atoms with Crippen LogP contribution >= 0.6 is 0 Å². The summed E-state index contributed by atoms with van der Waals surface area (Å²) in [7, 11) is 1.61. The number of hydrogen-bond donors (Lipinski definition) is 0. The predicted octanol–water partition coefficient (Wildman–Crippen LogP) is -0.346. The summed E-state index contributed by atoms with van der Waals surface area (Å²) in [5, 5.41) is 0. The Labute approximate surface area is 168 Å². The maximum atomic E-state index is 12.4. The molecule has 0 N–H and O–H groups in total. The van der Waals surface area contributed by atoms with E-state index in [1.807, 2.05) is 29.4 Å². The summed E-state index contributed by atoms with van der Waals surface area (Å²) in [6.45, 7) is 1.87. The zero-order chi connectivity index (χ0) is 17.9. The Hall–Kier alpha value is -2.60. The van der Waals surface area contributed by atoms with Gasteiger partial charge < -0.3 is 26.5 Å². The van der Waals surface area contributed by atoms with E-state index in [0.29, 0.717) is 12.1 Å². The average Bonchev–Trinajstić information content (AvgIpc) is 3.30. The summed E-state index contributed by atoms with van der Waals surface area (Å²) in [6, 6.07) is 13.5. The molecule has 1 aliphatic heterocycles. The second kappa shape index (κ2) is 8.39. The van der Waals surface area contributed by atoms with Gasteiger partial charge in [-0.1, -0.05) is 6.07 Å². The molecule has 1 aromatic heterocycles. The highest BCUT2D eigenvalue weighted by Crippen LogP contribution is 2.25. The Morgan fingerprint density at radius 3 is 2.81 bits per heavy atom. The number of rotatable bonds is 6. The van der Waals surface area contributed by atoms with Crippen LogP contribution in [-0.2, 0) is 19.5 Å². The van der Waals surface area contributed by atoms with Gasteiger partial charge in [0.25, 0.3) is 0 Å². The van der Waals surface area contributed by atoms with Crippen LogP contribution in [0.15, 0.2) is 61.2 Å². The van der Waals surface area contributed by atoms with Crippen LogP contribution < -0.4 is 31.0 Å². The summed E-state index contributed by atoms with van der Waals surface area (Å²) in [5.74, 6) is 1.83. The van der Waals surface area contributed by atoms with Crippen molar-refractivity contribution in [2.75, 3.05) is 13.7 Å². The Balaban J connectivity index is 0.00000210. The van der Waals surface area contributed by atoms with Crippen molar-refractivity contribution in [2.24, 2.45) is 0 Å². The minimum absolute atomic E-state index is 0. The first-order valence-electron chi connectivity index (χ1n) is 8.68. The topological polar surface area (TPSA) is 44.3 Å². The molecule has 27 heavy (non-hydrogen) atoms. The molecule has 1 aliphatic rings. The lowest BCUT2D eigenvalue weighted by Gasteiger charge is -2.02. The molecule has 4 rings (SSSR count). The highest BCUT2D eigenvalue weighted by molar-refractivity contribution is 5.95. The number of methoxy groups -OCH3 is 1. The number of halogens is 1. The van der Waals surface area contributed by atoms with E-state index in [4.69, 9.17) is 9.47 Å². The normalized spacial score (nSPS) is 12.0. The quantitative estimate of drug-likeness (QED) is 0.398. The molecule has 6 heteroatoms. The van der Waals surface area contributed by atoms with E-state index in [2.05, 4.69) is 16.7 Å². The number of aromatic nitrogens is 2. The molecular formula is C21H21BrN2O3. The first-order valence-corrected chi connectivity index (χ1v) is 8.68. The van der Waals surface area contributed by atoms with Gasteiger partial charge in [-0.15, -0.1) is 0 Å². The molecule has 0 saturated heterocycles. The van der Waals surface area contributed by atoms with Gasteiger partial charge in [0, 0.05) is 12.0 Å². The number of imidazole rings is 1. The van der Waals surface area contributed by atoms with Crippen molar-refractivity contribution < 1.29 is 35.8 Å². The van der Waals surface area contributed by atoms with Gasteiger partial charge >= 0.3 is 0 Å². The van der Waals surface area contributed by atoms with Crippen LogP contribution in [0.25, 0.3) is 0 Å². The van der Waals surface area contributed by atoms with Crippen LogP contribution in [0.2, 0.25) is 0 Å². The van der Waals surface area contributed by atoms with Crippen molar-refractivity contribution in [3.63, 3.8) is 0 Å². The van der Waals surface area contributed by atoms with E-state index >= 15 is 0 Å². The Morgan fingerprint density at radius 1 is 1.22 bits per heavy atom. The predicted molar refractivity (Wildman–Crippen MR) is 96.7 cm³/mol. The first kappa shape index (κ1) is 19.2. The van der Waals surface area contributed by atoms with Crippen LogP contribution in [0.4, 0.5) is 0 Å². The monoisotopic (exact) mass is 428 g/mol. The van der Waals surface area contributed by atoms with Gasteiger partial charge in [0.1, 0.15) is 30.4 Å². The average molecular weight is 429 g/mol. The van der Waals surface area contributed by atoms with Crippen molar-refractivity contribution >= 4 is 5.78 Å². The standard InChI is InChI=1S/C21H21N2O3.BrH/c1-25-19-5-3-17(4-6-19)20(24)14-23-10-9-22(15-23)13-16-2-7-21-18(12-16)8-11-26-21;/h2-7,9-10,12,15H,8,11,13-14H2,1H3;1H/q+1;/p-1.